The Morgan fingerprint density at radius 3 is 2.71 bits per heavy atom. The standard InChI is InChI=1S/C16H27N5O2.HI/c1-4-17-16(18-11-14-7-10-23-20-14)19-13-5-8-21(9-6-13)15(22)12(2)3;/h7,10,12-13H,4-6,8-9,11H2,1-3H3,(H2,17,18,19);1H. The first-order valence-corrected chi connectivity index (χ1v) is 8.33. The van der Waals surface area contributed by atoms with Gasteiger partial charge in [-0.25, -0.2) is 4.99 Å². The van der Waals surface area contributed by atoms with Gasteiger partial charge in [-0.1, -0.05) is 19.0 Å². The average Bonchev–Trinajstić information content (AvgIpc) is 3.06. The Balaban J connectivity index is 0.00000288. The first kappa shape index (κ1) is 20.7. The molecule has 2 N–H and O–H groups in total. The van der Waals surface area contributed by atoms with Gasteiger partial charge in [0.25, 0.3) is 0 Å². The molecule has 1 amide bonds. The third-order valence-electron chi connectivity index (χ3n) is 3.88. The summed E-state index contributed by atoms with van der Waals surface area (Å²) in [6.07, 6.45) is 3.42. The van der Waals surface area contributed by atoms with Crippen LogP contribution in [0.2, 0.25) is 0 Å². The first-order valence-electron chi connectivity index (χ1n) is 8.33. The van der Waals surface area contributed by atoms with Gasteiger partial charge in [0.2, 0.25) is 5.91 Å². The van der Waals surface area contributed by atoms with E-state index in [1.807, 2.05) is 31.7 Å². The molecule has 1 aromatic heterocycles. The number of nitrogens with one attached hydrogen (secondary N) is 2. The summed E-state index contributed by atoms with van der Waals surface area (Å²) in [5, 5.41) is 10.6. The van der Waals surface area contributed by atoms with E-state index in [1.54, 1.807) is 6.26 Å². The molecule has 2 heterocycles. The van der Waals surface area contributed by atoms with Gasteiger partial charge in [-0.3, -0.25) is 4.79 Å². The van der Waals surface area contributed by atoms with Gasteiger partial charge < -0.3 is 20.1 Å². The zero-order chi connectivity index (χ0) is 16.7. The van der Waals surface area contributed by atoms with Crippen LogP contribution in [0.1, 0.15) is 39.3 Å². The number of rotatable bonds is 5. The number of carbonyl (C=O) groups excluding carboxylic acids is 1. The summed E-state index contributed by atoms with van der Waals surface area (Å²) >= 11 is 0. The van der Waals surface area contributed by atoms with Crippen molar-refractivity contribution in [3.63, 3.8) is 0 Å². The molecule has 0 bridgehead atoms. The monoisotopic (exact) mass is 449 g/mol. The SMILES string of the molecule is CCNC(=NCc1ccon1)NC1CCN(C(=O)C(C)C)CC1.I. The quantitative estimate of drug-likeness (QED) is 0.408. The molecule has 1 aliphatic rings. The van der Waals surface area contributed by atoms with Crippen LogP contribution >= 0.6 is 24.0 Å². The van der Waals surface area contributed by atoms with Crippen molar-refractivity contribution in [2.24, 2.45) is 10.9 Å². The summed E-state index contributed by atoms with van der Waals surface area (Å²) in [7, 11) is 0. The van der Waals surface area contributed by atoms with E-state index in [4.69, 9.17) is 4.52 Å². The number of nitrogens with zero attached hydrogens (tertiary/aromatic N) is 3. The van der Waals surface area contributed by atoms with Gasteiger partial charge in [-0.05, 0) is 19.8 Å². The maximum absolute atomic E-state index is 12.0. The smallest absolute Gasteiger partial charge is 0.225 e. The fourth-order valence-corrected chi connectivity index (χ4v) is 2.60. The van der Waals surface area contributed by atoms with Crippen molar-refractivity contribution in [1.29, 1.82) is 0 Å². The third-order valence-corrected chi connectivity index (χ3v) is 3.88. The molecule has 136 valence electrons. The second-order valence-electron chi connectivity index (χ2n) is 6.08. The lowest BCUT2D eigenvalue weighted by atomic mass is 10.0. The number of guanidine groups is 1. The van der Waals surface area contributed by atoms with E-state index >= 15 is 0 Å². The van der Waals surface area contributed by atoms with Gasteiger partial charge in [0.05, 0.1) is 6.54 Å². The summed E-state index contributed by atoms with van der Waals surface area (Å²) in [5.41, 5.74) is 0.805. The molecule has 1 saturated heterocycles. The number of hydrogen-bond donors (Lipinski definition) is 2. The third kappa shape index (κ3) is 6.29. The number of aromatic nitrogens is 1. The molecule has 0 saturated carbocycles. The van der Waals surface area contributed by atoms with Crippen molar-refractivity contribution >= 4 is 35.8 Å². The van der Waals surface area contributed by atoms with Gasteiger partial charge in [-0.2, -0.15) is 0 Å². The molecular formula is C16H28IN5O2. The van der Waals surface area contributed by atoms with Crippen LogP contribution in [0.15, 0.2) is 21.8 Å². The van der Waals surface area contributed by atoms with Gasteiger partial charge in [0.15, 0.2) is 5.96 Å². The van der Waals surface area contributed by atoms with Gasteiger partial charge >= 0.3 is 0 Å². The second kappa shape index (κ2) is 10.5. The maximum Gasteiger partial charge on any atom is 0.225 e. The van der Waals surface area contributed by atoms with Crippen molar-refractivity contribution in [3.8, 4) is 0 Å². The van der Waals surface area contributed by atoms with Crippen molar-refractivity contribution in [2.75, 3.05) is 19.6 Å². The molecule has 24 heavy (non-hydrogen) atoms. The second-order valence-corrected chi connectivity index (χ2v) is 6.08. The zero-order valence-electron chi connectivity index (χ0n) is 14.6. The lowest BCUT2D eigenvalue weighted by molar-refractivity contribution is -0.135. The van der Waals surface area contributed by atoms with Gasteiger partial charge in [-0.15, -0.1) is 24.0 Å². The van der Waals surface area contributed by atoms with Crippen LogP contribution in [0.5, 0.6) is 0 Å². The summed E-state index contributed by atoms with van der Waals surface area (Å²) in [4.78, 5) is 18.5. The lowest BCUT2D eigenvalue weighted by Gasteiger charge is -2.34. The van der Waals surface area contributed by atoms with Crippen LogP contribution < -0.4 is 10.6 Å². The summed E-state index contributed by atoms with van der Waals surface area (Å²) < 4.78 is 4.81. The van der Waals surface area contributed by atoms with Crippen molar-refractivity contribution in [3.05, 3.63) is 18.0 Å². The van der Waals surface area contributed by atoms with E-state index in [1.165, 1.54) is 0 Å². The van der Waals surface area contributed by atoms with E-state index in [0.717, 1.165) is 44.1 Å². The Morgan fingerprint density at radius 2 is 2.17 bits per heavy atom. The highest BCUT2D eigenvalue weighted by molar-refractivity contribution is 14.0. The fourth-order valence-electron chi connectivity index (χ4n) is 2.60. The number of carbonyl (C=O) groups is 1. The Bertz CT molecular complexity index is 511. The highest BCUT2D eigenvalue weighted by Gasteiger charge is 2.24. The summed E-state index contributed by atoms with van der Waals surface area (Å²) in [6, 6.07) is 2.14. The minimum Gasteiger partial charge on any atom is -0.364 e. The predicted molar refractivity (Wildman–Crippen MR) is 104 cm³/mol. The molecular weight excluding hydrogens is 421 g/mol. The van der Waals surface area contributed by atoms with E-state index < -0.39 is 0 Å². The fraction of sp³-hybridized carbons (Fsp3) is 0.688. The zero-order valence-corrected chi connectivity index (χ0v) is 16.9. The van der Waals surface area contributed by atoms with Crippen molar-refractivity contribution in [2.45, 2.75) is 46.2 Å². The van der Waals surface area contributed by atoms with Crippen LogP contribution in [0.25, 0.3) is 0 Å². The molecule has 0 radical (unpaired) electrons. The molecule has 1 aromatic rings. The number of likely N-dealkylation sites (tertiary alicyclic amines) is 1. The van der Waals surface area contributed by atoms with Crippen LogP contribution in [-0.4, -0.2) is 47.6 Å². The Kier molecular flexibility index (Phi) is 9.09. The minimum absolute atomic E-state index is 0. The lowest BCUT2D eigenvalue weighted by Crippen LogP contribution is -2.50. The average molecular weight is 449 g/mol. The number of halogens is 1. The van der Waals surface area contributed by atoms with Gasteiger partial charge in [0.1, 0.15) is 12.0 Å². The summed E-state index contributed by atoms with van der Waals surface area (Å²) in [5.74, 6) is 1.10. The predicted octanol–water partition coefficient (Wildman–Crippen LogP) is 1.99. The van der Waals surface area contributed by atoms with Gasteiger partial charge in [0, 0.05) is 37.7 Å². The number of piperidine rings is 1. The maximum atomic E-state index is 12.0. The Labute approximate surface area is 160 Å². The highest BCUT2D eigenvalue weighted by Crippen LogP contribution is 2.13. The molecule has 0 unspecified atom stereocenters. The molecule has 2 rings (SSSR count). The largest absolute Gasteiger partial charge is 0.364 e. The number of hydrogen-bond acceptors (Lipinski definition) is 4. The molecule has 0 aromatic carbocycles. The van der Waals surface area contributed by atoms with Crippen LogP contribution in [0, 0.1) is 5.92 Å². The topological polar surface area (TPSA) is 82.8 Å². The van der Waals surface area contributed by atoms with E-state index in [-0.39, 0.29) is 35.8 Å². The van der Waals surface area contributed by atoms with Crippen molar-refractivity contribution < 1.29 is 9.32 Å². The minimum atomic E-state index is 0. The highest BCUT2D eigenvalue weighted by atomic mass is 127. The first-order chi connectivity index (χ1) is 11.1. The molecule has 1 aliphatic heterocycles. The normalized spacial score (nSPS) is 16.0. The Morgan fingerprint density at radius 1 is 1.46 bits per heavy atom. The molecule has 7 nitrogen and oxygen atoms in total. The van der Waals surface area contributed by atoms with E-state index in [0.29, 0.717) is 12.6 Å². The number of amides is 1. The summed E-state index contributed by atoms with van der Waals surface area (Å²) in [6.45, 7) is 8.83. The number of aliphatic imine (C=N–C) groups is 1. The molecule has 0 atom stereocenters. The molecule has 1 fully saturated rings. The molecule has 8 heteroatoms. The van der Waals surface area contributed by atoms with E-state index in [2.05, 4.69) is 20.8 Å². The van der Waals surface area contributed by atoms with Crippen LogP contribution in [0.3, 0.4) is 0 Å². The van der Waals surface area contributed by atoms with E-state index in [9.17, 15) is 4.79 Å². The van der Waals surface area contributed by atoms with Crippen molar-refractivity contribution in [1.82, 2.24) is 20.7 Å². The van der Waals surface area contributed by atoms with Crippen LogP contribution in [0.4, 0.5) is 0 Å². The Hall–Kier alpha value is -1.32. The molecule has 0 aliphatic carbocycles. The molecule has 0 spiro atoms. The van der Waals surface area contributed by atoms with Crippen LogP contribution in [-0.2, 0) is 11.3 Å².